The number of rotatable bonds is 4. The number of para-hydroxylation sites is 3. The summed E-state index contributed by atoms with van der Waals surface area (Å²) in [4.78, 5) is 28.9. The number of fused-ring (bicyclic) bond motifs is 3. The number of imidazole rings is 1. The van der Waals surface area contributed by atoms with Crippen molar-refractivity contribution in [1.29, 1.82) is 0 Å². The summed E-state index contributed by atoms with van der Waals surface area (Å²) in [5.41, 5.74) is 2.71. The summed E-state index contributed by atoms with van der Waals surface area (Å²) in [7, 11) is 0. The molecule has 8 heteroatoms. The van der Waals surface area contributed by atoms with Crippen LogP contribution in [-0.2, 0) is 9.53 Å². The number of nitro benzene ring substituents is 1. The molecule has 0 saturated carbocycles. The van der Waals surface area contributed by atoms with E-state index in [2.05, 4.69) is 10.3 Å². The number of carbonyl (C=O) groups is 1. The van der Waals surface area contributed by atoms with Crippen LogP contribution in [0.1, 0.15) is 32.4 Å². The highest BCUT2D eigenvalue weighted by Crippen LogP contribution is 2.42. The van der Waals surface area contributed by atoms with Crippen LogP contribution in [0, 0.1) is 10.1 Å². The number of nitrogens with one attached hydrogen (secondary N) is 1. The van der Waals surface area contributed by atoms with Gasteiger partial charge < -0.3 is 10.1 Å². The second-order valence-corrected chi connectivity index (χ2v) is 7.13. The molecule has 0 bridgehead atoms. The van der Waals surface area contributed by atoms with Crippen LogP contribution in [-0.4, -0.2) is 26.5 Å². The van der Waals surface area contributed by atoms with Crippen molar-refractivity contribution < 1.29 is 14.5 Å². The third-order valence-electron chi connectivity index (χ3n) is 4.82. The highest BCUT2D eigenvalue weighted by Gasteiger charge is 2.38. The van der Waals surface area contributed by atoms with Crippen LogP contribution < -0.4 is 5.32 Å². The molecular weight excluding hydrogens is 372 g/mol. The Morgan fingerprint density at radius 1 is 1.21 bits per heavy atom. The van der Waals surface area contributed by atoms with Gasteiger partial charge in [-0.25, -0.2) is 9.78 Å². The number of benzene rings is 2. The summed E-state index contributed by atoms with van der Waals surface area (Å²) in [5, 5.41) is 14.9. The standard InChI is InChI=1S/C21H20N4O4/c1-12(2)29-20(26)18-13(3)22-21-23-15-9-5-7-11-17(15)24(21)19(18)14-8-4-6-10-16(14)25(27)28/h4-12,19H,1-3H3,(H,22,23)/t19-/m1/s1. The number of nitrogens with zero attached hydrogens (tertiary/aromatic N) is 3. The smallest absolute Gasteiger partial charge is 0.338 e. The molecule has 0 radical (unpaired) electrons. The van der Waals surface area contributed by atoms with Crippen molar-refractivity contribution in [3.05, 3.63) is 75.5 Å². The zero-order valence-electron chi connectivity index (χ0n) is 16.2. The fraction of sp³-hybridized carbons (Fsp3) is 0.238. The van der Waals surface area contributed by atoms with Crippen LogP contribution in [0.5, 0.6) is 0 Å². The van der Waals surface area contributed by atoms with Crippen molar-refractivity contribution in [2.24, 2.45) is 0 Å². The Labute approximate surface area is 167 Å². The second-order valence-electron chi connectivity index (χ2n) is 7.13. The number of carbonyl (C=O) groups excluding carboxylic acids is 1. The Bertz CT molecular complexity index is 1160. The fourth-order valence-corrected chi connectivity index (χ4v) is 3.69. The number of esters is 1. The lowest BCUT2D eigenvalue weighted by Crippen LogP contribution is -2.30. The van der Waals surface area contributed by atoms with Crippen molar-refractivity contribution in [2.45, 2.75) is 32.9 Å². The average Bonchev–Trinajstić information content (AvgIpc) is 3.04. The summed E-state index contributed by atoms with van der Waals surface area (Å²) >= 11 is 0. The zero-order chi connectivity index (χ0) is 20.7. The minimum absolute atomic E-state index is 0.0641. The maximum Gasteiger partial charge on any atom is 0.338 e. The molecule has 0 amide bonds. The Morgan fingerprint density at radius 3 is 2.62 bits per heavy atom. The van der Waals surface area contributed by atoms with Crippen LogP contribution in [0.25, 0.3) is 11.0 Å². The van der Waals surface area contributed by atoms with Gasteiger partial charge in [0.05, 0.1) is 33.2 Å². The first-order valence-corrected chi connectivity index (χ1v) is 9.27. The average molecular weight is 392 g/mol. The van der Waals surface area contributed by atoms with Crippen LogP contribution in [0.4, 0.5) is 11.6 Å². The molecule has 2 aromatic carbocycles. The van der Waals surface area contributed by atoms with E-state index in [1.54, 1.807) is 39.0 Å². The van der Waals surface area contributed by atoms with E-state index in [9.17, 15) is 14.9 Å². The normalized spacial score (nSPS) is 15.9. The van der Waals surface area contributed by atoms with E-state index in [0.29, 0.717) is 22.8 Å². The molecule has 3 aromatic rings. The number of hydrogen-bond acceptors (Lipinski definition) is 6. The quantitative estimate of drug-likeness (QED) is 0.406. The molecule has 0 fully saturated rings. The van der Waals surface area contributed by atoms with Gasteiger partial charge in [0.1, 0.15) is 6.04 Å². The summed E-state index contributed by atoms with van der Waals surface area (Å²) in [6.45, 7) is 5.28. The third kappa shape index (κ3) is 3.12. The summed E-state index contributed by atoms with van der Waals surface area (Å²) in [5.74, 6) is 0.00419. The largest absolute Gasteiger partial charge is 0.459 e. The summed E-state index contributed by atoms with van der Waals surface area (Å²) in [6.07, 6.45) is -0.324. The number of nitro groups is 1. The number of anilines is 1. The molecule has 4 rings (SSSR count). The van der Waals surface area contributed by atoms with Gasteiger partial charge in [-0.2, -0.15) is 0 Å². The van der Waals surface area contributed by atoms with Crippen molar-refractivity contribution in [2.75, 3.05) is 5.32 Å². The SMILES string of the molecule is CC1=C(C(=O)OC(C)C)[C@@H](c2ccccc2[N+](=O)[O-])n2c(nc3ccccc32)N1. The van der Waals surface area contributed by atoms with Crippen LogP contribution in [0.3, 0.4) is 0 Å². The van der Waals surface area contributed by atoms with Gasteiger partial charge in [-0.05, 0) is 39.0 Å². The van der Waals surface area contributed by atoms with Gasteiger partial charge in [-0.1, -0.05) is 24.3 Å². The second kappa shape index (κ2) is 7.05. The maximum atomic E-state index is 13.0. The Hall–Kier alpha value is -3.68. The molecule has 0 spiro atoms. The van der Waals surface area contributed by atoms with Crippen LogP contribution in [0.2, 0.25) is 0 Å². The van der Waals surface area contributed by atoms with Gasteiger partial charge in [0, 0.05) is 11.8 Å². The van der Waals surface area contributed by atoms with Gasteiger partial charge in [0.25, 0.3) is 5.69 Å². The molecule has 148 valence electrons. The molecule has 1 atom stereocenters. The van der Waals surface area contributed by atoms with E-state index in [1.807, 2.05) is 28.8 Å². The van der Waals surface area contributed by atoms with Gasteiger partial charge in [-0.3, -0.25) is 14.7 Å². The summed E-state index contributed by atoms with van der Waals surface area (Å²) < 4.78 is 7.30. The maximum absolute atomic E-state index is 13.0. The Balaban J connectivity index is 2.02. The number of aromatic nitrogens is 2. The molecule has 1 aliphatic rings. The Kier molecular flexibility index (Phi) is 4.54. The fourth-order valence-electron chi connectivity index (χ4n) is 3.69. The molecule has 0 unspecified atom stereocenters. The van der Waals surface area contributed by atoms with Crippen molar-refractivity contribution >= 4 is 28.6 Å². The molecule has 1 aliphatic heterocycles. The van der Waals surface area contributed by atoms with E-state index in [0.717, 1.165) is 11.0 Å². The number of ether oxygens (including phenoxy) is 1. The molecule has 0 saturated heterocycles. The molecule has 1 N–H and O–H groups in total. The number of allylic oxidation sites excluding steroid dienone is 1. The van der Waals surface area contributed by atoms with E-state index in [4.69, 9.17) is 4.74 Å². The van der Waals surface area contributed by atoms with E-state index >= 15 is 0 Å². The van der Waals surface area contributed by atoms with Crippen molar-refractivity contribution in [3.8, 4) is 0 Å². The van der Waals surface area contributed by atoms with Crippen molar-refractivity contribution in [1.82, 2.24) is 9.55 Å². The van der Waals surface area contributed by atoms with Crippen molar-refractivity contribution in [3.63, 3.8) is 0 Å². The highest BCUT2D eigenvalue weighted by atomic mass is 16.6. The highest BCUT2D eigenvalue weighted by molar-refractivity contribution is 5.94. The van der Waals surface area contributed by atoms with E-state index < -0.39 is 16.9 Å². The molecular formula is C21H20N4O4. The van der Waals surface area contributed by atoms with Gasteiger partial charge in [0.2, 0.25) is 5.95 Å². The predicted octanol–water partition coefficient (Wildman–Crippen LogP) is 4.19. The van der Waals surface area contributed by atoms with Crippen LogP contribution in [0.15, 0.2) is 59.8 Å². The molecule has 2 heterocycles. The van der Waals surface area contributed by atoms with Gasteiger partial charge in [-0.15, -0.1) is 0 Å². The summed E-state index contributed by atoms with van der Waals surface area (Å²) in [6, 6.07) is 13.2. The number of hydrogen-bond donors (Lipinski definition) is 1. The molecule has 1 aromatic heterocycles. The lowest BCUT2D eigenvalue weighted by molar-refractivity contribution is -0.385. The van der Waals surface area contributed by atoms with E-state index in [1.165, 1.54) is 6.07 Å². The lowest BCUT2D eigenvalue weighted by atomic mass is 9.93. The molecule has 0 aliphatic carbocycles. The first-order chi connectivity index (χ1) is 13.9. The first kappa shape index (κ1) is 18.7. The Morgan fingerprint density at radius 2 is 1.90 bits per heavy atom. The van der Waals surface area contributed by atoms with Gasteiger partial charge >= 0.3 is 5.97 Å². The first-order valence-electron chi connectivity index (χ1n) is 9.27. The third-order valence-corrected chi connectivity index (χ3v) is 4.82. The topological polar surface area (TPSA) is 99.3 Å². The van der Waals surface area contributed by atoms with Gasteiger partial charge in [0.15, 0.2) is 0 Å². The minimum atomic E-state index is -0.744. The monoisotopic (exact) mass is 392 g/mol. The lowest BCUT2D eigenvalue weighted by Gasteiger charge is -2.30. The zero-order valence-corrected chi connectivity index (χ0v) is 16.2. The van der Waals surface area contributed by atoms with Crippen LogP contribution >= 0.6 is 0 Å². The minimum Gasteiger partial charge on any atom is -0.459 e. The van der Waals surface area contributed by atoms with E-state index in [-0.39, 0.29) is 11.8 Å². The molecule has 29 heavy (non-hydrogen) atoms. The molecule has 8 nitrogen and oxygen atoms in total. The predicted molar refractivity (Wildman–Crippen MR) is 109 cm³/mol.